The molecule has 0 bridgehead atoms. The molecule has 1 aromatic rings. The summed E-state index contributed by atoms with van der Waals surface area (Å²) in [5, 5.41) is 0. The van der Waals surface area contributed by atoms with Crippen LogP contribution in [0.2, 0.25) is 6.04 Å². The molecule has 0 aliphatic rings. The van der Waals surface area contributed by atoms with Gasteiger partial charge in [-0.1, -0.05) is 12.1 Å². The number of aryl methyl sites for hydroxylation is 1. The molecule has 0 atom stereocenters. The van der Waals surface area contributed by atoms with Gasteiger partial charge in [0.2, 0.25) is 0 Å². The van der Waals surface area contributed by atoms with Crippen LogP contribution in [0.15, 0.2) is 24.3 Å². The van der Waals surface area contributed by atoms with E-state index >= 15 is 0 Å². The minimum Gasteiger partial charge on any atom is -0.400 e. The number of halogens is 1. The highest BCUT2D eigenvalue weighted by atomic mass is 127. The van der Waals surface area contributed by atoms with Crippen LogP contribution in [0.4, 0.5) is 0 Å². The van der Waals surface area contributed by atoms with Crippen molar-refractivity contribution < 1.29 is 8.85 Å². The normalized spacial score (nSPS) is 10.9. The Hall–Kier alpha value is 0.0869. The second-order valence-electron chi connectivity index (χ2n) is 3.07. The molecule has 0 aliphatic heterocycles. The van der Waals surface area contributed by atoms with Gasteiger partial charge >= 0.3 is 9.28 Å². The third kappa shape index (κ3) is 4.08. The van der Waals surface area contributed by atoms with E-state index in [2.05, 4.69) is 46.9 Å². The van der Waals surface area contributed by atoms with Gasteiger partial charge in [-0.15, -0.1) is 0 Å². The van der Waals surface area contributed by atoms with Crippen LogP contribution in [-0.4, -0.2) is 23.5 Å². The van der Waals surface area contributed by atoms with Gasteiger partial charge in [0.1, 0.15) is 0 Å². The molecule has 0 saturated carbocycles. The Morgan fingerprint density at radius 1 is 1.14 bits per heavy atom. The third-order valence-corrected chi connectivity index (χ3v) is 4.64. The summed E-state index contributed by atoms with van der Waals surface area (Å²) in [6.07, 6.45) is 1.05. The quantitative estimate of drug-likeness (QED) is 0.612. The van der Waals surface area contributed by atoms with Gasteiger partial charge in [-0.25, -0.2) is 0 Å². The molecule has 0 N–H and O–H groups in total. The van der Waals surface area contributed by atoms with E-state index in [0.717, 1.165) is 12.5 Å². The zero-order valence-corrected chi connectivity index (χ0v) is 11.8. The topological polar surface area (TPSA) is 18.5 Å². The van der Waals surface area contributed by atoms with Crippen molar-refractivity contribution >= 4 is 31.9 Å². The van der Waals surface area contributed by atoms with Crippen molar-refractivity contribution in [2.45, 2.75) is 12.5 Å². The van der Waals surface area contributed by atoms with E-state index in [1.165, 1.54) is 9.13 Å². The molecule has 0 saturated heterocycles. The van der Waals surface area contributed by atoms with Crippen LogP contribution >= 0.6 is 22.6 Å². The highest BCUT2D eigenvalue weighted by Gasteiger charge is 2.08. The van der Waals surface area contributed by atoms with E-state index in [1.807, 2.05) is 0 Å². The van der Waals surface area contributed by atoms with Crippen LogP contribution in [0.5, 0.6) is 0 Å². The zero-order chi connectivity index (χ0) is 10.4. The van der Waals surface area contributed by atoms with Crippen molar-refractivity contribution in [3.05, 3.63) is 33.4 Å². The van der Waals surface area contributed by atoms with E-state index in [0.29, 0.717) is 0 Å². The fraction of sp³-hybridized carbons (Fsp3) is 0.400. The predicted octanol–water partition coefficient (Wildman–Crippen LogP) is 2.35. The van der Waals surface area contributed by atoms with Gasteiger partial charge in [0.15, 0.2) is 0 Å². The Morgan fingerprint density at radius 2 is 1.71 bits per heavy atom. The van der Waals surface area contributed by atoms with Crippen molar-refractivity contribution in [2.75, 3.05) is 14.2 Å². The van der Waals surface area contributed by atoms with Crippen molar-refractivity contribution in [3.63, 3.8) is 0 Å². The number of rotatable bonds is 5. The second-order valence-corrected chi connectivity index (χ2v) is 6.69. The SMILES string of the molecule is CO[SiH](CCc1ccc(I)cc1)OC. The maximum absolute atomic E-state index is 5.26. The molecule has 0 radical (unpaired) electrons. The van der Waals surface area contributed by atoms with Crippen LogP contribution in [0.1, 0.15) is 5.56 Å². The lowest BCUT2D eigenvalue weighted by molar-refractivity contribution is 0.277. The molecule has 1 rings (SSSR count). The largest absolute Gasteiger partial charge is 0.400 e. The predicted molar refractivity (Wildman–Crippen MR) is 68.8 cm³/mol. The summed E-state index contributed by atoms with van der Waals surface area (Å²) in [7, 11) is 2.08. The maximum atomic E-state index is 5.26. The van der Waals surface area contributed by atoms with E-state index in [-0.39, 0.29) is 0 Å². The number of benzene rings is 1. The lowest BCUT2D eigenvalue weighted by atomic mass is 10.2. The van der Waals surface area contributed by atoms with Gasteiger partial charge in [-0.2, -0.15) is 0 Å². The molecule has 4 heteroatoms. The van der Waals surface area contributed by atoms with E-state index < -0.39 is 9.28 Å². The van der Waals surface area contributed by atoms with Crippen LogP contribution in [0.25, 0.3) is 0 Å². The highest BCUT2D eigenvalue weighted by Crippen LogP contribution is 2.10. The number of hydrogen-bond donors (Lipinski definition) is 0. The van der Waals surface area contributed by atoms with E-state index in [1.54, 1.807) is 14.2 Å². The van der Waals surface area contributed by atoms with Crippen LogP contribution in [0, 0.1) is 3.57 Å². The molecular formula is C10H15IO2Si. The second kappa shape index (κ2) is 6.55. The van der Waals surface area contributed by atoms with Crippen molar-refractivity contribution in [3.8, 4) is 0 Å². The lowest BCUT2D eigenvalue weighted by Gasteiger charge is -2.10. The molecule has 0 spiro atoms. The minimum absolute atomic E-state index is 1.04. The third-order valence-electron chi connectivity index (χ3n) is 2.11. The van der Waals surface area contributed by atoms with E-state index in [4.69, 9.17) is 8.85 Å². The first-order valence-corrected chi connectivity index (χ1v) is 7.40. The summed E-state index contributed by atoms with van der Waals surface area (Å²) in [4.78, 5) is 0. The van der Waals surface area contributed by atoms with Gasteiger partial charge in [-0.3, -0.25) is 0 Å². The summed E-state index contributed by atoms with van der Waals surface area (Å²) >= 11 is 2.31. The van der Waals surface area contributed by atoms with Crippen molar-refractivity contribution in [2.24, 2.45) is 0 Å². The van der Waals surface area contributed by atoms with Gasteiger partial charge in [0.05, 0.1) is 0 Å². The van der Waals surface area contributed by atoms with Gasteiger partial charge in [0, 0.05) is 17.8 Å². The highest BCUT2D eigenvalue weighted by molar-refractivity contribution is 14.1. The molecule has 0 unspecified atom stereocenters. The van der Waals surface area contributed by atoms with Gasteiger partial charge in [-0.05, 0) is 52.8 Å². The summed E-state index contributed by atoms with van der Waals surface area (Å²) < 4.78 is 11.8. The molecule has 2 nitrogen and oxygen atoms in total. The summed E-state index contributed by atoms with van der Waals surface area (Å²) in [6, 6.07) is 9.63. The van der Waals surface area contributed by atoms with Crippen molar-refractivity contribution in [1.29, 1.82) is 0 Å². The van der Waals surface area contributed by atoms with Crippen LogP contribution in [0.3, 0.4) is 0 Å². The molecule has 14 heavy (non-hydrogen) atoms. The molecule has 0 aromatic heterocycles. The molecule has 0 aliphatic carbocycles. The molecule has 0 heterocycles. The molecular weight excluding hydrogens is 307 g/mol. The first-order valence-electron chi connectivity index (χ1n) is 4.56. The Balaban J connectivity index is 2.41. The number of hydrogen-bond acceptors (Lipinski definition) is 2. The lowest BCUT2D eigenvalue weighted by Crippen LogP contribution is -2.19. The Labute approximate surface area is 101 Å². The summed E-state index contributed by atoms with van der Waals surface area (Å²) in [6.45, 7) is 0. The van der Waals surface area contributed by atoms with Gasteiger partial charge < -0.3 is 8.85 Å². The average molecular weight is 322 g/mol. The Morgan fingerprint density at radius 3 is 2.21 bits per heavy atom. The first kappa shape index (κ1) is 12.2. The van der Waals surface area contributed by atoms with Crippen LogP contribution in [-0.2, 0) is 15.3 Å². The molecule has 1 aromatic carbocycles. The fourth-order valence-electron chi connectivity index (χ4n) is 1.27. The van der Waals surface area contributed by atoms with E-state index in [9.17, 15) is 0 Å². The maximum Gasteiger partial charge on any atom is 0.321 e. The summed E-state index contributed by atoms with van der Waals surface area (Å²) in [5.41, 5.74) is 1.36. The molecule has 78 valence electrons. The standard InChI is InChI=1S/C10H15IO2Si/c1-12-14(13-2)8-7-9-3-5-10(11)6-4-9/h3-6,14H,7-8H2,1-2H3. The monoisotopic (exact) mass is 322 g/mol. The van der Waals surface area contributed by atoms with Crippen molar-refractivity contribution in [1.82, 2.24) is 0 Å². The Kier molecular flexibility index (Phi) is 5.69. The average Bonchev–Trinajstić information content (AvgIpc) is 2.22. The summed E-state index contributed by atoms with van der Waals surface area (Å²) in [5.74, 6) is 0. The molecule has 0 fully saturated rings. The smallest absolute Gasteiger partial charge is 0.321 e. The molecule has 0 amide bonds. The minimum atomic E-state index is -1.38. The van der Waals surface area contributed by atoms with Crippen LogP contribution < -0.4 is 0 Å². The Bertz CT molecular complexity index is 259. The first-order chi connectivity index (χ1) is 6.76. The fourth-order valence-corrected chi connectivity index (χ4v) is 2.86. The zero-order valence-electron chi connectivity index (χ0n) is 8.50. The van der Waals surface area contributed by atoms with Gasteiger partial charge in [0.25, 0.3) is 0 Å².